The van der Waals surface area contributed by atoms with Crippen molar-refractivity contribution in [1.29, 1.82) is 0 Å². The molecular formula is C15H15N3O2. The Morgan fingerprint density at radius 2 is 1.80 bits per heavy atom. The predicted molar refractivity (Wildman–Crippen MR) is 76.0 cm³/mol. The molecule has 0 saturated heterocycles. The lowest BCUT2D eigenvalue weighted by molar-refractivity contribution is 0.0686. The Balaban J connectivity index is 2.16. The van der Waals surface area contributed by atoms with Crippen LogP contribution in [-0.2, 0) is 7.05 Å². The minimum Gasteiger partial charge on any atom is -0.477 e. The maximum atomic E-state index is 11.1. The molecule has 0 radical (unpaired) electrons. The van der Waals surface area contributed by atoms with Crippen molar-refractivity contribution < 1.29 is 9.90 Å². The number of aromatic nitrogens is 3. The van der Waals surface area contributed by atoms with E-state index in [1.54, 1.807) is 22.2 Å². The zero-order valence-electron chi connectivity index (χ0n) is 11.6. The second-order valence-electron chi connectivity index (χ2n) is 5.09. The van der Waals surface area contributed by atoms with Gasteiger partial charge in [0.05, 0.1) is 5.69 Å². The van der Waals surface area contributed by atoms with Gasteiger partial charge in [-0.25, -0.2) is 9.78 Å². The topological polar surface area (TPSA) is 59.5 Å². The average Bonchev–Trinajstić information content (AvgIpc) is 2.88. The Hall–Kier alpha value is -2.56. The maximum absolute atomic E-state index is 11.1. The summed E-state index contributed by atoms with van der Waals surface area (Å²) in [7, 11) is 1.71. The van der Waals surface area contributed by atoms with Gasteiger partial charge in [0.1, 0.15) is 5.69 Å². The van der Waals surface area contributed by atoms with Gasteiger partial charge in [-0.05, 0) is 26.0 Å². The molecule has 3 rings (SSSR count). The minimum absolute atomic E-state index is 0.222. The highest BCUT2D eigenvalue weighted by atomic mass is 16.4. The van der Waals surface area contributed by atoms with Crippen LogP contribution in [0.4, 0.5) is 0 Å². The van der Waals surface area contributed by atoms with Gasteiger partial charge in [0.25, 0.3) is 0 Å². The highest BCUT2D eigenvalue weighted by Gasteiger charge is 2.15. The third-order valence-corrected chi connectivity index (χ3v) is 3.37. The summed E-state index contributed by atoms with van der Waals surface area (Å²) in [5.74, 6) is -0.331. The van der Waals surface area contributed by atoms with Crippen molar-refractivity contribution in [3.63, 3.8) is 0 Å². The van der Waals surface area contributed by atoms with Gasteiger partial charge >= 0.3 is 5.97 Å². The smallest absolute Gasteiger partial charge is 0.354 e. The first-order valence-electron chi connectivity index (χ1n) is 6.32. The predicted octanol–water partition coefficient (Wildman–Crippen LogP) is 2.65. The molecule has 1 N–H and O–H groups in total. The summed E-state index contributed by atoms with van der Waals surface area (Å²) < 4.78 is 3.32. The Labute approximate surface area is 116 Å². The number of carboxylic acids is 1. The minimum atomic E-state index is -0.953. The molecule has 0 aliphatic heterocycles. The zero-order valence-corrected chi connectivity index (χ0v) is 11.6. The van der Waals surface area contributed by atoms with Crippen molar-refractivity contribution in [3.05, 3.63) is 47.4 Å². The fourth-order valence-corrected chi connectivity index (χ4v) is 2.51. The molecule has 5 heteroatoms. The molecule has 0 unspecified atom stereocenters. The quantitative estimate of drug-likeness (QED) is 0.778. The number of aryl methyl sites for hydroxylation is 3. The number of carbonyl (C=O) groups is 1. The maximum Gasteiger partial charge on any atom is 0.354 e. The van der Waals surface area contributed by atoms with Crippen LogP contribution < -0.4 is 0 Å². The monoisotopic (exact) mass is 269 g/mol. The van der Waals surface area contributed by atoms with Gasteiger partial charge in [0.2, 0.25) is 5.78 Å². The number of nitrogens with zero attached hydrogens (tertiary/aromatic N) is 3. The van der Waals surface area contributed by atoms with Crippen LogP contribution in [0.1, 0.15) is 21.6 Å². The van der Waals surface area contributed by atoms with Crippen LogP contribution in [0.3, 0.4) is 0 Å². The molecule has 2 heterocycles. The summed E-state index contributed by atoms with van der Waals surface area (Å²) >= 11 is 0. The lowest BCUT2D eigenvalue weighted by Crippen LogP contribution is -2.04. The molecule has 0 fully saturated rings. The molecule has 0 aliphatic carbocycles. The van der Waals surface area contributed by atoms with Crippen molar-refractivity contribution in [2.45, 2.75) is 13.8 Å². The van der Waals surface area contributed by atoms with Gasteiger partial charge in [-0.15, -0.1) is 0 Å². The first-order chi connectivity index (χ1) is 9.45. The zero-order chi connectivity index (χ0) is 14.4. The van der Waals surface area contributed by atoms with Gasteiger partial charge in [0, 0.05) is 25.0 Å². The van der Waals surface area contributed by atoms with Crippen LogP contribution >= 0.6 is 0 Å². The molecular weight excluding hydrogens is 254 g/mol. The van der Waals surface area contributed by atoms with E-state index in [0.29, 0.717) is 5.78 Å². The fraction of sp³-hybridized carbons (Fsp3) is 0.200. The first kappa shape index (κ1) is 12.5. The van der Waals surface area contributed by atoms with E-state index in [1.807, 2.05) is 6.20 Å². The second-order valence-corrected chi connectivity index (χ2v) is 5.09. The van der Waals surface area contributed by atoms with E-state index in [2.05, 4.69) is 37.0 Å². The second kappa shape index (κ2) is 4.23. The summed E-state index contributed by atoms with van der Waals surface area (Å²) in [6.07, 6.45) is 3.44. The number of aromatic carboxylic acids is 1. The molecule has 0 spiro atoms. The van der Waals surface area contributed by atoms with Crippen molar-refractivity contribution in [2.75, 3.05) is 0 Å². The SMILES string of the molecule is Cc1cc(C)cc(-c2cn3cc(C(=O)O)n(C)c3n2)c1. The standard InChI is InChI=1S/C15H15N3O2/c1-9-4-10(2)6-11(5-9)12-7-18-8-13(14(19)20)17(3)15(18)16-12/h4-8H,1-3H3,(H,19,20). The molecule has 1 aromatic carbocycles. The number of imidazole rings is 2. The third kappa shape index (κ3) is 1.87. The van der Waals surface area contributed by atoms with Crippen LogP contribution in [0, 0.1) is 13.8 Å². The van der Waals surface area contributed by atoms with E-state index in [1.165, 1.54) is 11.1 Å². The van der Waals surface area contributed by atoms with E-state index in [0.717, 1.165) is 11.3 Å². The molecule has 0 bridgehead atoms. The van der Waals surface area contributed by atoms with Gasteiger partial charge in [-0.3, -0.25) is 4.40 Å². The normalized spacial score (nSPS) is 11.2. The van der Waals surface area contributed by atoms with Crippen LogP contribution in [0.25, 0.3) is 17.0 Å². The number of fused-ring (bicyclic) bond motifs is 1. The van der Waals surface area contributed by atoms with Crippen molar-refractivity contribution in [2.24, 2.45) is 7.05 Å². The Morgan fingerprint density at radius 1 is 1.15 bits per heavy atom. The third-order valence-electron chi connectivity index (χ3n) is 3.37. The fourth-order valence-electron chi connectivity index (χ4n) is 2.51. The molecule has 2 aromatic heterocycles. The van der Waals surface area contributed by atoms with Crippen LogP contribution in [-0.4, -0.2) is 25.0 Å². The molecule has 0 atom stereocenters. The average molecular weight is 269 g/mol. The molecule has 0 aliphatic rings. The van der Waals surface area contributed by atoms with Gasteiger partial charge in [-0.2, -0.15) is 0 Å². The molecule has 3 aromatic rings. The Bertz CT molecular complexity index is 807. The molecule has 5 nitrogen and oxygen atoms in total. The van der Waals surface area contributed by atoms with E-state index in [-0.39, 0.29) is 5.69 Å². The van der Waals surface area contributed by atoms with Gasteiger partial charge in [-0.1, -0.05) is 17.2 Å². The van der Waals surface area contributed by atoms with Gasteiger partial charge < -0.3 is 9.67 Å². The first-order valence-corrected chi connectivity index (χ1v) is 6.32. The molecule has 0 amide bonds. The summed E-state index contributed by atoms with van der Waals surface area (Å²) in [6, 6.07) is 6.27. The van der Waals surface area contributed by atoms with Crippen LogP contribution in [0.2, 0.25) is 0 Å². The van der Waals surface area contributed by atoms with E-state index >= 15 is 0 Å². The van der Waals surface area contributed by atoms with E-state index in [4.69, 9.17) is 5.11 Å². The van der Waals surface area contributed by atoms with E-state index < -0.39 is 5.97 Å². The summed E-state index contributed by atoms with van der Waals surface area (Å²) in [4.78, 5) is 15.6. The lowest BCUT2D eigenvalue weighted by Gasteiger charge is -2.01. The number of benzene rings is 1. The summed E-state index contributed by atoms with van der Waals surface area (Å²) in [5.41, 5.74) is 4.48. The van der Waals surface area contributed by atoms with Gasteiger partial charge in [0.15, 0.2) is 0 Å². The van der Waals surface area contributed by atoms with Crippen molar-refractivity contribution in [1.82, 2.24) is 14.0 Å². The van der Waals surface area contributed by atoms with Crippen LogP contribution in [0.15, 0.2) is 30.6 Å². The molecule has 0 saturated carbocycles. The number of rotatable bonds is 2. The van der Waals surface area contributed by atoms with Crippen molar-refractivity contribution in [3.8, 4) is 11.3 Å². The number of hydrogen-bond donors (Lipinski definition) is 1. The van der Waals surface area contributed by atoms with Crippen LogP contribution in [0.5, 0.6) is 0 Å². The highest BCUT2D eigenvalue weighted by molar-refractivity contribution is 5.86. The summed E-state index contributed by atoms with van der Waals surface area (Å²) in [5, 5.41) is 9.08. The largest absolute Gasteiger partial charge is 0.477 e. The summed E-state index contributed by atoms with van der Waals surface area (Å²) in [6.45, 7) is 4.10. The Kier molecular flexibility index (Phi) is 2.64. The Morgan fingerprint density at radius 3 is 2.35 bits per heavy atom. The molecule has 20 heavy (non-hydrogen) atoms. The number of carboxylic acid groups (broad SMARTS) is 1. The van der Waals surface area contributed by atoms with Crippen molar-refractivity contribution >= 4 is 11.7 Å². The van der Waals surface area contributed by atoms with E-state index in [9.17, 15) is 4.79 Å². The molecule has 102 valence electrons. The lowest BCUT2D eigenvalue weighted by atomic mass is 10.1. The highest BCUT2D eigenvalue weighted by Crippen LogP contribution is 2.22. The number of hydrogen-bond acceptors (Lipinski definition) is 2.